The zero-order chi connectivity index (χ0) is 19.4. The van der Waals surface area contributed by atoms with E-state index in [4.69, 9.17) is 9.47 Å². The number of methoxy groups -OCH3 is 1. The fraction of sp³-hybridized carbons (Fsp3) is 0.250. The second kappa shape index (κ2) is 8.18. The molecule has 1 aromatic heterocycles. The average Bonchev–Trinajstić information content (AvgIpc) is 3.15. The van der Waals surface area contributed by atoms with Gasteiger partial charge in [-0.3, -0.25) is 10.1 Å². The lowest BCUT2D eigenvalue weighted by Gasteiger charge is -2.11. The lowest BCUT2D eigenvalue weighted by atomic mass is 10.0. The van der Waals surface area contributed by atoms with E-state index in [0.29, 0.717) is 23.8 Å². The molecule has 0 bridgehead atoms. The van der Waals surface area contributed by atoms with Crippen molar-refractivity contribution in [2.45, 2.75) is 26.4 Å². The molecule has 0 fully saturated rings. The van der Waals surface area contributed by atoms with E-state index >= 15 is 0 Å². The number of rotatable bonds is 7. The van der Waals surface area contributed by atoms with Crippen molar-refractivity contribution >= 4 is 17.0 Å². The number of benzene rings is 2. The minimum absolute atomic E-state index is 0.0175. The molecule has 27 heavy (non-hydrogen) atoms. The molecule has 3 aromatic rings. The van der Waals surface area contributed by atoms with Crippen molar-refractivity contribution in [1.29, 1.82) is 0 Å². The quantitative estimate of drug-likeness (QED) is 0.401. The number of nitrogens with zero attached hydrogens (tertiary/aromatic N) is 2. The van der Waals surface area contributed by atoms with Crippen LogP contribution in [0.4, 0.5) is 5.69 Å². The summed E-state index contributed by atoms with van der Waals surface area (Å²) in [5.74, 6) is 1.66. The van der Waals surface area contributed by atoms with E-state index in [1.54, 1.807) is 24.5 Å². The molecule has 140 valence electrons. The molecule has 1 heterocycles. The highest BCUT2D eigenvalue weighted by molar-refractivity contribution is 7.09. The summed E-state index contributed by atoms with van der Waals surface area (Å²) < 4.78 is 11.1. The molecule has 0 saturated heterocycles. The molecule has 6 nitrogen and oxygen atoms in total. The van der Waals surface area contributed by atoms with Crippen LogP contribution in [-0.4, -0.2) is 17.0 Å². The number of nitro groups is 1. The van der Waals surface area contributed by atoms with E-state index in [2.05, 4.69) is 18.8 Å². The van der Waals surface area contributed by atoms with Gasteiger partial charge in [-0.25, -0.2) is 4.98 Å². The number of nitro benzene ring substituents is 1. The summed E-state index contributed by atoms with van der Waals surface area (Å²) in [6.07, 6.45) is 0. The van der Waals surface area contributed by atoms with Gasteiger partial charge in [-0.1, -0.05) is 26.0 Å². The second-order valence-electron chi connectivity index (χ2n) is 6.29. The third-order valence-electron chi connectivity index (χ3n) is 4.01. The van der Waals surface area contributed by atoms with Gasteiger partial charge in [0.1, 0.15) is 18.1 Å². The normalized spacial score (nSPS) is 10.8. The van der Waals surface area contributed by atoms with E-state index in [0.717, 1.165) is 22.0 Å². The van der Waals surface area contributed by atoms with Crippen LogP contribution in [0.25, 0.3) is 11.1 Å². The minimum Gasteiger partial charge on any atom is -0.497 e. The Morgan fingerprint density at radius 3 is 2.52 bits per heavy atom. The predicted molar refractivity (Wildman–Crippen MR) is 106 cm³/mol. The number of hydrogen-bond donors (Lipinski definition) is 0. The summed E-state index contributed by atoms with van der Waals surface area (Å²) in [6, 6.07) is 11.9. The topological polar surface area (TPSA) is 74.5 Å². The number of hydrogen-bond acceptors (Lipinski definition) is 6. The second-order valence-corrected chi connectivity index (χ2v) is 7.18. The van der Waals surface area contributed by atoms with Crippen LogP contribution < -0.4 is 9.47 Å². The third kappa shape index (κ3) is 4.43. The highest BCUT2D eigenvalue weighted by Gasteiger charge is 2.15. The minimum atomic E-state index is -0.411. The lowest BCUT2D eigenvalue weighted by molar-refractivity contribution is -0.384. The smallest absolute Gasteiger partial charge is 0.270 e. The highest BCUT2D eigenvalue weighted by atomic mass is 32.1. The molecule has 0 saturated carbocycles. The molecule has 0 aliphatic rings. The van der Waals surface area contributed by atoms with Gasteiger partial charge in [0.05, 0.1) is 22.7 Å². The number of thiazole rings is 1. The molecule has 0 atom stereocenters. The van der Waals surface area contributed by atoms with E-state index in [1.165, 1.54) is 12.1 Å². The monoisotopic (exact) mass is 384 g/mol. The molecule has 0 aliphatic carbocycles. The standard InChI is InChI=1S/C20H20N2O4S/c1-13(2)20-21-15(12-27-20)11-26-19-9-6-16(22(23)24)10-18(19)14-4-7-17(25-3)8-5-14/h4-10,12-13H,11H2,1-3H3. The molecule has 0 radical (unpaired) electrons. The van der Waals surface area contributed by atoms with E-state index in [1.807, 2.05) is 29.6 Å². The van der Waals surface area contributed by atoms with Crippen molar-refractivity contribution in [2.75, 3.05) is 7.11 Å². The number of ether oxygens (including phenoxy) is 2. The largest absolute Gasteiger partial charge is 0.497 e. The van der Waals surface area contributed by atoms with Crippen molar-refractivity contribution in [3.63, 3.8) is 0 Å². The van der Waals surface area contributed by atoms with Crippen LogP contribution in [0.5, 0.6) is 11.5 Å². The van der Waals surface area contributed by atoms with Gasteiger partial charge >= 0.3 is 0 Å². The Bertz CT molecular complexity index is 935. The van der Waals surface area contributed by atoms with Gasteiger partial charge in [0.25, 0.3) is 5.69 Å². The Morgan fingerprint density at radius 2 is 1.93 bits per heavy atom. The number of non-ortho nitro benzene ring substituents is 1. The first kappa shape index (κ1) is 18.8. The van der Waals surface area contributed by atoms with Crippen LogP contribution >= 0.6 is 11.3 Å². The maximum absolute atomic E-state index is 11.2. The van der Waals surface area contributed by atoms with Crippen LogP contribution in [0.2, 0.25) is 0 Å². The summed E-state index contributed by atoms with van der Waals surface area (Å²) in [6.45, 7) is 4.51. The van der Waals surface area contributed by atoms with Gasteiger partial charge in [-0.05, 0) is 23.8 Å². The SMILES string of the molecule is COc1ccc(-c2cc([N+](=O)[O-])ccc2OCc2csc(C(C)C)n2)cc1. The van der Waals surface area contributed by atoms with Crippen LogP contribution in [0.1, 0.15) is 30.5 Å². The van der Waals surface area contributed by atoms with Crippen molar-refractivity contribution in [3.05, 3.63) is 68.7 Å². The van der Waals surface area contributed by atoms with Crippen molar-refractivity contribution in [1.82, 2.24) is 4.98 Å². The first-order valence-electron chi connectivity index (χ1n) is 8.48. The van der Waals surface area contributed by atoms with Gasteiger partial charge in [0, 0.05) is 29.0 Å². The first-order valence-corrected chi connectivity index (χ1v) is 9.36. The van der Waals surface area contributed by atoms with Gasteiger partial charge in [-0.15, -0.1) is 11.3 Å². The van der Waals surface area contributed by atoms with Crippen molar-refractivity contribution in [2.24, 2.45) is 0 Å². The maximum Gasteiger partial charge on any atom is 0.270 e. The van der Waals surface area contributed by atoms with E-state index < -0.39 is 4.92 Å². The Morgan fingerprint density at radius 1 is 1.19 bits per heavy atom. The molecule has 0 N–H and O–H groups in total. The van der Waals surface area contributed by atoms with Crippen molar-refractivity contribution in [3.8, 4) is 22.6 Å². The zero-order valence-electron chi connectivity index (χ0n) is 15.3. The molecule has 0 spiro atoms. The fourth-order valence-electron chi connectivity index (χ4n) is 2.56. The molecular weight excluding hydrogens is 364 g/mol. The summed E-state index contributed by atoms with van der Waals surface area (Å²) in [5, 5.41) is 14.2. The lowest BCUT2D eigenvalue weighted by Crippen LogP contribution is -1.99. The highest BCUT2D eigenvalue weighted by Crippen LogP contribution is 2.35. The molecule has 2 aromatic carbocycles. The summed E-state index contributed by atoms with van der Waals surface area (Å²) >= 11 is 1.61. The van der Waals surface area contributed by atoms with Gasteiger partial charge in [0.15, 0.2) is 0 Å². The number of aromatic nitrogens is 1. The zero-order valence-corrected chi connectivity index (χ0v) is 16.2. The summed E-state index contributed by atoms with van der Waals surface area (Å²) in [7, 11) is 1.59. The van der Waals surface area contributed by atoms with Crippen LogP contribution in [0, 0.1) is 10.1 Å². The Hall–Kier alpha value is -2.93. The van der Waals surface area contributed by atoms with Gasteiger partial charge in [-0.2, -0.15) is 0 Å². The van der Waals surface area contributed by atoms with Gasteiger partial charge < -0.3 is 9.47 Å². The summed E-state index contributed by atoms with van der Waals surface area (Å²) in [4.78, 5) is 15.3. The van der Waals surface area contributed by atoms with E-state index in [9.17, 15) is 10.1 Å². The van der Waals surface area contributed by atoms with E-state index in [-0.39, 0.29) is 5.69 Å². The fourth-order valence-corrected chi connectivity index (χ4v) is 3.38. The van der Waals surface area contributed by atoms with Crippen molar-refractivity contribution < 1.29 is 14.4 Å². The summed E-state index contributed by atoms with van der Waals surface area (Å²) in [5.41, 5.74) is 2.34. The molecule has 0 unspecified atom stereocenters. The van der Waals surface area contributed by atoms with Crippen LogP contribution in [0.3, 0.4) is 0 Å². The van der Waals surface area contributed by atoms with Gasteiger partial charge in [0.2, 0.25) is 0 Å². The predicted octanol–water partition coefficient (Wildman–Crippen LogP) is 5.43. The molecule has 0 amide bonds. The molecular formula is C20H20N2O4S. The molecule has 0 aliphatic heterocycles. The average molecular weight is 384 g/mol. The third-order valence-corrected chi connectivity index (χ3v) is 5.21. The van der Waals surface area contributed by atoms with Crippen LogP contribution in [-0.2, 0) is 6.61 Å². The first-order chi connectivity index (χ1) is 13.0. The molecule has 3 rings (SSSR count). The Labute approximate surface area is 161 Å². The van der Waals surface area contributed by atoms with Crippen LogP contribution in [0.15, 0.2) is 47.8 Å². The molecule has 7 heteroatoms. The maximum atomic E-state index is 11.2. The Kier molecular flexibility index (Phi) is 5.71. The Balaban J connectivity index is 1.89.